The van der Waals surface area contributed by atoms with Crippen LogP contribution in [0.3, 0.4) is 0 Å². The van der Waals surface area contributed by atoms with Crippen LogP contribution < -0.4 is 5.43 Å². The molecule has 3 aromatic rings. The van der Waals surface area contributed by atoms with Crippen molar-refractivity contribution in [3.8, 4) is 6.07 Å². The van der Waals surface area contributed by atoms with Crippen LogP contribution in [0, 0.1) is 24.1 Å². The van der Waals surface area contributed by atoms with E-state index in [1.54, 1.807) is 31.2 Å². The quantitative estimate of drug-likeness (QED) is 0.720. The van der Waals surface area contributed by atoms with E-state index in [4.69, 9.17) is 16.9 Å². The zero-order chi connectivity index (χ0) is 17.4. The first kappa shape index (κ1) is 16.0. The van der Waals surface area contributed by atoms with Crippen LogP contribution in [0.4, 0.5) is 4.39 Å². The Morgan fingerprint density at radius 2 is 1.96 bits per heavy atom. The Balaban J connectivity index is 2.19. The number of aromatic nitrogens is 1. The molecule has 3 rings (SSSR count). The van der Waals surface area contributed by atoms with Gasteiger partial charge in [-0.2, -0.15) is 9.99 Å². The molecule has 1 heterocycles. The van der Waals surface area contributed by atoms with Crippen LogP contribution in [0.15, 0.2) is 41.2 Å². The second-order valence-corrected chi connectivity index (χ2v) is 5.88. The number of hydrogen-bond acceptors (Lipinski definition) is 3. The van der Waals surface area contributed by atoms with Gasteiger partial charge in [-0.15, -0.1) is 0 Å². The number of pyridine rings is 1. The lowest BCUT2D eigenvalue weighted by molar-refractivity contribution is 0.190. The molecule has 6 heteroatoms. The number of rotatable bonds is 2. The maximum atomic E-state index is 13.6. The van der Waals surface area contributed by atoms with Gasteiger partial charge >= 0.3 is 0 Å². The molecule has 24 heavy (non-hydrogen) atoms. The van der Waals surface area contributed by atoms with Gasteiger partial charge in [0.25, 0.3) is 0 Å². The summed E-state index contributed by atoms with van der Waals surface area (Å²) >= 11 is 5.76. The fourth-order valence-electron chi connectivity index (χ4n) is 2.64. The second-order valence-electron chi connectivity index (χ2n) is 5.47. The summed E-state index contributed by atoms with van der Waals surface area (Å²) in [5.74, 6) is -0.703. The second kappa shape index (κ2) is 5.99. The molecule has 120 valence electrons. The normalized spacial score (nSPS) is 10.8. The van der Waals surface area contributed by atoms with E-state index in [-0.39, 0.29) is 27.8 Å². The van der Waals surface area contributed by atoms with Crippen molar-refractivity contribution in [2.24, 2.45) is 0 Å². The van der Waals surface area contributed by atoms with Gasteiger partial charge in [0, 0.05) is 18.1 Å². The van der Waals surface area contributed by atoms with Gasteiger partial charge in [-0.1, -0.05) is 23.7 Å². The van der Waals surface area contributed by atoms with E-state index in [0.29, 0.717) is 16.8 Å². The van der Waals surface area contributed by atoms with Gasteiger partial charge < -0.3 is 5.21 Å². The van der Waals surface area contributed by atoms with Gasteiger partial charge in [-0.3, -0.25) is 4.79 Å². The maximum Gasteiger partial charge on any atom is 0.193 e. The summed E-state index contributed by atoms with van der Waals surface area (Å²) in [6.07, 6.45) is 0.280. The highest BCUT2D eigenvalue weighted by Gasteiger charge is 2.16. The predicted molar refractivity (Wildman–Crippen MR) is 89.1 cm³/mol. The van der Waals surface area contributed by atoms with Gasteiger partial charge in [0.05, 0.1) is 33.3 Å². The molecule has 2 aromatic carbocycles. The fourth-order valence-corrected chi connectivity index (χ4v) is 2.80. The summed E-state index contributed by atoms with van der Waals surface area (Å²) in [6.45, 7) is 1.59. The van der Waals surface area contributed by atoms with Crippen molar-refractivity contribution in [3.05, 3.63) is 79.8 Å². The number of nitriles is 1. The highest BCUT2D eigenvalue weighted by Crippen LogP contribution is 2.23. The Bertz CT molecular complexity index is 1050. The molecule has 0 saturated carbocycles. The lowest BCUT2D eigenvalue weighted by Crippen LogP contribution is -2.18. The zero-order valence-corrected chi connectivity index (χ0v) is 13.4. The molecule has 1 aromatic heterocycles. The number of nitrogens with zero attached hydrogens (tertiary/aromatic N) is 2. The van der Waals surface area contributed by atoms with Gasteiger partial charge in [0.1, 0.15) is 5.82 Å². The third kappa shape index (κ3) is 2.61. The topological polar surface area (TPSA) is 66.0 Å². The summed E-state index contributed by atoms with van der Waals surface area (Å²) in [4.78, 5) is 12.7. The Hall–Kier alpha value is -2.84. The Morgan fingerprint density at radius 1 is 1.29 bits per heavy atom. The van der Waals surface area contributed by atoms with Crippen molar-refractivity contribution >= 4 is 22.5 Å². The van der Waals surface area contributed by atoms with Gasteiger partial charge in [-0.05, 0) is 30.7 Å². The van der Waals surface area contributed by atoms with E-state index in [9.17, 15) is 14.4 Å². The minimum absolute atomic E-state index is 0.0722. The number of hydrogen-bond donors (Lipinski definition) is 1. The van der Waals surface area contributed by atoms with E-state index in [1.807, 2.05) is 6.07 Å². The van der Waals surface area contributed by atoms with Crippen molar-refractivity contribution in [2.45, 2.75) is 13.3 Å². The number of halogens is 2. The first-order valence-corrected chi connectivity index (χ1v) is 7.51. The molecule has 0 unspecified atom stereocenters. The van der Waals surface area contributed by atoms with Crippen LogP contribution in [-0.4, -0.2) is 9.94 Å². The van der Waals surface area contributed by atoms with E-state index in [0.717, 1.165) is 16.4 Å². The van der Waals surface area contributed by atoms with Crippen LogP contribution in [0.1, 0.15) is 22.4 Å². The molecule has 0 aliphatic carbocycles. The molecule has 0 bridgehead atoms. The largest absolute Gasteiger partial charge is 0.428 e. The molecular formula is C18H12ClFN2O2. The number of benzene rings is 2. The van der Waals surface area contributed by atoms with Crippen LogP contribution in [0.25, 0.3) is 10.9 Å². The summed E-state index contributed by atoms with van der Waals surface area (Å²) in [6, 6.07) is 11.1. The monoisotopic (exact) mass is 342 g/mol. The van der Waals surface area contributed by atoms with E-state index in [2.05, 4.69) is 0 Å². The Morgan fingerprint density at radius 3 is 2.58 bits per heavy atom. The molecule has 0 saturated heterocycles. The molecule has 4 nitrogen and oxygen atoms in total. The van der Waals surface area contributed by atoms with Crippen LogP contribution in [0.2, 0.25) is 5.02 Å². The molecule has 0 fully saturated rings. The van der Waals surface area contributed by atoms with E-state index < -0.39 is 5.82 Å². The third-order valence-corrected chi connectivity index (χ3v) is 4.29. The maximum absolute atomic E-state index is 13.6. The predicted octanol–water partition coefficient (Wildman–Crippen LogP) is 3.80. The lowest BCUT2D eigenvalue weighted by atomic mass is 10.00. The van der Waals surface area contributed by atoms with Gasteiger partial charge in [0.2, 0.25) is 0 Å². The summed E-state index contributed by atoms with van der Waals surface area (Å²) < 4.78 is 14.4. The fraction of sp³-hybridized carbons (Fsp3) is 0.111. The first-order valence-electron chi connectivity index (χ1n) is 7.14. The van der Waals surface area contributed by atoms with Crippen molar-refractivity contribution < 1.29 is 9.60 Å². The minimum atomic E-state index is -0.703. The highest BCUT2D eigenvalue weighted by molar-refractivity contribution is 6.31. The smallest absolute Gasteiger partial charge is 0.193 e. The van der Waals surface area contributed by atoms with Crippen molar-refractivity contribution in [1.82, 2.24) is 4.73 Å². The Labute approximate surface area is 141 Å². The molecule has 0 amide bonds. The van der Waals surface area contributed by atoms with Crippen LogP contribution in [-0.2, 0) is 6.42 Å². The summed E-state index contributed by atoms with van der Waals surface area (Å²) in [5, 5.41) is 19.1. The van der Waals surface area contributed by atoms with Gasteiger partial charge in [0.15, 0.2) is 5.43 Å². The SMILES string of the molecule is Cc1c(Cc2ccc(C#N)cc2)c(=O)c2cc(Cl)c(F)cc2n1O. The molecule has 0 aliphatic rings. The molecule has 0 spiro atoms. The highest BCUT2D eigenvalue weighted by atomic mass is 35.5. The summed E-state index contributed by atoms with van der Waals surface area (Å²) in [7, 11) is 0. The minimum Gasteiger partial charge on any atom is -0.428 e. The molecule has 0 radical (unpaired) electrons. The van der Waals surface area contributed by atoms with Crippen molar-refractivity contribution in [1.29, 1.82) is 5.26 Å². The molecular weight excluding hydrogens is 331 g/mol. The Kier molecular flexibility index (Phi) is 4.00. The van der Waals surface area contributed by atoms with Crippen molar-refractivity contribution in [3.63, 3.8) is 0 Å². The molecule has 0 aliphatic heterocycles. The average Bonchev–Trinajstić information content (AvgIpc) is 2.59. The van der Waals surface area contributed by atoms with Crippen molar-refractivity contribution in [2.75, 3.05) is 0 Å². The average molecular weight is 343 g/mol. The first-order chi connectivity index (χ1) is 11.4. The standard InChI is InChI=1S/C18H12ClFN2O2/c1-10-13(6-11-2-4-12(9-21)5-3-11)18(23)14-7-15(19)16(20)8-17(14)22(10)24/h2-5,7-8,24H,6H2,1H3. The van der Waals surface area contributed by atoms with E-state index >= 15 is 0 Å². The molecule has 1 N–H and O–H groups in total. The zero-order valence-electron chi connectivity index (χ0n) is 12.7. The number of fused-ring (bicyclic) bond motifs is 1. The van der Waals surface area contributed by atoms with Crippen LogP contribution >= 0.6 is 11.6 Å². The van der Waals surface area contributed by atoms with Gasteiger partial charge in [-0.25, -0.2) is 4.39 Å². The molecule has 0 atom stereocenters. The third-order valence-electron chi connectivity index (χ3n) is 4.00. The van der Waals surface area contributed by atoms with E-state index in [1.165, 1.54) is 6.07 Å². The summed E-state index contributed by atoms with van der Waals surface area (Å²) in [5.41, 5.74) is 1.83. The van der Waals surface area contributed by atoms with Crippen LogP contribution in [0.5, 0.6) is 0 Å². The lowest BCUT2D eigenvalue weighted by Gasteiger charge is -2.13.